The van der Waals surface area contributed by atoms with E-state index in [4.69, 9.17) is 4.74 Å². The number of ether oxygens (including phenoxy) is 1. The average molecular weight is 373 g/mol. The monoisotopic (exact) mass is 373 g/mol. The molecule has 9 heteroatoms. The van der Waals surface area contributed by atoms with Crippen LogP contribution in [0.15, 0.2) is 18.3 Å². The number of aromatic amines is 1. The standard InChI is InChI=1S/C18H23N5O4/c1-17(2,3)27-16(24)20-14-9-22(10-18(14)6-7-18)15-11-8-19-21-12(11)4-5-13(15)23(25)26/h4-5,8,14H,6-7,9-10H2,1-3H3,(H,19,21)(H,20,24)/t14-/m0/s1. The molecular formula is C18H23N5O4. The highest BCUT2D eigenvalue weighted by Gasteiger charge is 2.56. The van der Waals surface area contributed by atoms with Crippen molar-refractivity contribution < 1.29 is 14.5 Å². The van der Waals surface area contributed by atoms with Gasteiger partial charge in [-0.1, -0.05) is 0 Å². The molecule has 1 saturated carbocycles. The Morgan fingerprint density at radius 2 is 2.19 bits per heavy atom. The maximum absolute atomic E-state index is 12.2. The molecule has 4 rings (SSSR count). The molecule has 1 atom stereocenters. The summed E-state index contributed by atoms with van der Waals surface area (Å²) in [4.78, 5) is 25.5. The van der Waals surface area contributed by atoms with Crippen molar-refractivity contribution in [2.75, 3.05) is 18.0 Å². The normalized spacial score (nSPS) is 20.9. The Hall–Kier alpha value is -2.84. The number of nitro groups is 1. The summed E-state index contributed by atoms with van der Waals surface area (Å²) in [5.74, 6) is 0. The Bertz CT molecular complexity index is 912. The van der Waals surface area contributed by atoms with Crippen LogP contribution >= 0.6 is 0 Å². The van der Waals surface area contributed by atoms with Crippen LogP contribution in [-0.4, -0.2) is 45.9 Å². The number of carbonyl (C=O) groups excluding carboxylic acids is 1. The van der Waals surface area contributed by atoms with Gasteiger partial charge in [-0.2, -0.15) is 5.10 Å². The Morgan fingerprint density at radius 1 is 1.44 bits per heavy atom. The molecule has 1 amide bonds. The van der Waals surface area contributed by atoms with Crippen LogP contribution in [0.5, 0.6) is 0 Å². The fraction of sp³-hybridized carbons (Fsp3) is 0.556. The van der Waals surface area contributed by atoms with Crippen molar-refractivity contribution in [3.05, 3.63) is 28.4 Å². The number of anilines is 1. The second-order valence-electron chi connectivity index (χ2n) is 8.46. The fourth-order valence-corrected chi connectivity index (χ4v) is 3.93. The van der Waals surface area contributed by atoms with Crippen molar-refractivity contribution in [3.8, 4) is 0 Å². The van der Waals surface area contributed by atoms with Crippen LogP contribution in [0.3, 0.4) is 0 Å². The summed E-state index contributed by atoms with van der Waals surface area (Å²) < 4.78 is 5.39. The van der Waals surface area contributed by atoms with E-state index in [1.54, 1.807) is 12.3 Å². The summed E-state index contributed by atoms with van der Waals surface area (Å²) in [6.07, 6.45) is 3.14. The van der Waals surface area contributed by atoms with Gasteiger partial charge in [0.25, 0.3) is 5.69 Å². The number of benzene rings is 1. The molecule has 2 heterocycles. The molecule has 27 heavy (non-hydrogen) atoms. The van der Waals surface area contributed by atoms with Gasteiger partial charge in [0.1, 0.15) is 11.3 Å². The summed E-state index contributed by atoms with van der Waals surface area (Å²) in [5.41, 5.74) is 0.754. The molecule has 1 aliphatic carbocycles. The van der Waals surface area contributed by atoms with Crippen molar-refractivity contribution in [3.63, 3.8) is 0 Å². The lowest BCUT2D eigenvalue weighted by atomic mass is 10.0. The van der Waals surface area contributed by atoms with E-state index in [2.05, 4.69) is 15.5 Å². The molecule has 1 spiro atoms. The SMILES string of the molecule is CC(C)(C)OC(=O)N[C@H]1CN(c2c([N+](=O)[O-])ccc3[nH]ncc23)CC12CC2. The number of hydrogen-bond acceptors (Lipinski definition) is 6. The highest BCUT2D eigenvalue weighted by Crippen LogP contribution is 2.54. The first-order valence-electron chi connectivity index (χ1n) is 9.03. The number of amides is 1. The largest absolute Gasteiger partial charge is 0.444 e. The zero-order chi connectivity index (χ0) is 19.4. The Labute approximate surface area is 156 Å². The van der Waals surface area contributed by atoms with Crippen molar-refractivity contribution in [1.29, 1.82) is 0 Å². The second kappa shape index (κ2) is 5.83. The molecule has 1 aliphatic heterocycles. The highest BCUT2D eigenvalue weighted by atomic mass is 16.6. The molecule has 2 aromatic rings. The number of fused-ring (bicyclic) bond motifs is 1. The molecule has 0 bridgehead atoms. The smallest absolute Gasteiger partial charge is 0.407 e. The molecular weight excluding hydrogens is 350 g/mol. The van der Waals surface area contributed by atoms with Gasteiger partial charge >= 0.3 is 6.09 Å². The number of nitrogens with one attached hydrogen (secondary N) is 2. The lowest BCUT2D eigenvalue weighted by Gasteiger charge is -2.24. The van der Waals surface area contributed by atoms with Crippen LogP contribution < -0.4 is 10.2 Å². The van der Waals surface area contributed by atoms with Crippen LogP contribution in [0.25, 0.3) is 10.9 Å². The van der Waals surface area contributed by atoms with E-state index in [9.17, 15) is 14.9 Å². The average Bonchev–Trinajstić information content (AvgIpc) is 3.02. The number of nitro benzene ring substituents is 1. The molecule has 1 aromatic heterocycles. The summed E-state index contributed by atoms with van der Waals surface area (Å²) in [6.45, 7) is 6.64. The van der Waals surface area contributed by atoms with Crippen LogP contribution in [0, 0.1) is 15.5 Å². The number of nitrogens with zero attached hydrogens (tertiary/aromatic N) is 3. The van der Waals surface area contributed by atoms with E-state index in [1.165, 1.54) is 6.07 Å². The van der Waals surface area contributed by atoms with Gasteiger partial charge in [-0.15, -0.1) is 0 Å². The van der Waals surface area contributed by atoms with E-state index in [-0.39, 0.29) is 22.1 Å². The predicted octanol–water partition coefficient (Wildman–Crippen LogP) is 2.96. The van der Waals surface area contributed by atoms with Crippen LogP contribution in [0.1, 0.15) is 33.6 Å². The third-order valence-corrected chi connectivity index (χ3v) is 5.32. The first-order chi connectivity index (χ1) is 12.7. The molecule has 2 N–H and O–H groups in total. The second-order valence-corrected chi connectivity index (χ2v) is 8.46. The number of aromatic nitrogens is 2. The van der Waals surface area contributed by atoms with E-state index >= 15 is 0 Å². The van der Waals surface area contributed by atoms with Gasteiger partial charge in [0.05, 0.1) is 28.1 Å². The van der Waals surface area contributed by atoms with Crippen molar-refractivity contribution >= 4 is 28.4 Å². The van der Waals surface area contributed by atoms with Gasteiger partial charge in [0.2, 0.25) is 0 Å². The zero-order valence-electron chi connectivity index (χ0n) is 15.6. The summed E-state index contributed by atoms with van der Waals surface area (Å²) in [6, 6.07) is 3.07. The fourth-order valence-electron chi connectivity index (χ4n) is 3.93. The Kier molecular flexibility index (Phi) is 3.79. The van der Waals surface area contributed by atoms with Gasteiger partial charge in [-0.3, -0.25) is 15.2 Å². The molecule has 0 unspecified atom stereocenters. The van der Waals surface area contributed by atoms with Crippen LogP contribution in [0.2, 0.25) is 0 Å². The zero-order valence-corrected chi connectivity index (χ0v) is 15.6. The maximum Gasteiger partial charge on any atom is 0.407 e. The van der Waals surface area contributed by atoms with E-state index < -0.39 is 11.7 Å². The maximum atomic E-state index is 12.2. The Morgan fingerprint density at radius 3 is 2.81 bits per heavy atom. The molecule has 144 valence electrons. The third-order valence-electron chi connectivity index (χ3n) is 5.32. The lowest BCUT2D eigenvalue weighted by molar-refractivity contribution is -0.384. The minimum atomic E-state index is -0.569. The quantitative estimate of drug-likeness (QED) is 0.632. The summed E-state index contributed by atoms with van der Waals surface area (Å²) in [5, 5.41) is 22.2. The van der Waals surface area contributed by atoms with E-state index in [0.29, 0.717) is 18.8 Å². The number of carbonyl (C=O) groups is 1. The van der Waals surface area contributed by atoms with Gasteiger partial charge < -0.3 is 15.0 Å². The van der Waals surface area contributed by atoms with Gasteiger partial charge in [0, 0.05) is 24.6 Å². The van der Waals surface area contributed by atoms with Crippen molar-refractivity contribution in [2.24, 2.45) is 5.41 Å². The van der Waals surface area contributed by atoms with Gasteiger partial charge in [-0.25, -0.2) is 4.79 Å². The molecule has 1 saturated heterocycles. The first-order valence-corrected chi connectivity index (χ1v) is 9.03. The summed E-state index contributed by atoms with van der Waals surface area (Å²) >= 11 is 0. The number of hydrogen-bond donors (Lipinski definition) is 2. The van der Waals surface area contributed by atoms with Gasteiger partial charge in [-0.05, 0) is 39.7 Å². The minimum absolute atomic E-state index is 0.0450. The third kappa shape index (κ3) is 3.17. The van der Waals surface area contributed by atoms with Crippen LogP contribution in [-0.2, 0) is 4.74 Å². The Balaban J connectivity index is 1.63. The molecule has 0 radical (unpaired) electrons. The van der Waals surface area contributed by atoms with Crippen molar-refractivity contribution in [2.45, 2.75) is 45.3 Å². The van der Waals surface area contributed by atoms with Crippen molar-refractivity contribution in [1.82, 2.24) is 15.5 Å². The van der Waals surface area contributed by atoms with Crippen LogP contribution in [0.4, 0.5) is 16.2 Å². The van der Waals surface area contributed by atoms with Gasteiger partial charge in [0.15, 0.2) is 0 Å². The molecule has 2 aliphatic rings. The number of H-pyrrole nitrogens is 1. The highest BCUT2D eigenvalue weighted by molar-refractivity contribution is 5.97. The van der Waals surface area contributed by atoms with E-state index in [0.717, 1.165) is 23.7 Å². The molecule has 9 nitrogen and oxygen atoms in total. The number of alkyl carbamates (subject to hydrolysis) is 1. The first kappa shape index (κ1) is 17.6. The topological polar surface area (TPSA) is 113 Å². The number of rotatable bonds is 3. The molecule has 2 fully saturated rings. The predicted molar refractivity (Wildman–Crippen MR) is 99.8 cm³/mol. The lowest BCUT2D eigenvalue weighted by Crippen LogP contribution is -2.44. The van der Waals surface area contributed by atoms with E-state index in [1.807, 2.05) is 25.7 Å². The summed E-state index contributed by atoms with van der Waals surface area (Å²) in [7, 11) is 0. The molecule has 1 aromatic carbocycles. The minimum Gasteiger partial charge on any atom is -0.444 e.